The molecule has 1 amide bonds. The van der Waals surface area contributed by atoms with Gasteiger partial charge in [-0.25, -0.2) is 4.98 Å². The van der Waals surface area contributed by atoms with E-state index >= 15 is 0 Å². The molecule has 0 spiro atoms. The van der Waals surface area contributed by atoms with Crippen molar-refractivity contribution >= 4 is 34.0 Å². The summed E-state index contributed by atoms with van der Waals surface area (Å²) in [6.45, 7) is 3.36. The molecule has 2 aromatic rings. The van der Waals surface area contributed by atoms with Gasteiger partial charge in [-0.2, -0.15) is 5.10 Å². The zero-order valence-electron chi connectivity index (χ0n) is 12.4. The minimum Gasteiger partial charge on any atom is -0.381 e. The Bertz CT molecular complexity index is 691. The molecule has 1 N–H and O–H groups in total. The van der Waals surface area contributed by atoms with E-state index < -0.39 is 0 Å². The van der Waals surface area contributed by atoms with E-state index in [1.165, 1.54) is 11.3 Å². The highest BCUT2D eigenvalue weighted by Gasteiger charge is 2.21. The number of hydrogen-bond donors (Lipinski definition) is 1. The molecule has 1 saturated heterocycles. The van der Waals surface area contributed by atoms with Crippen molar-refractivity contribution in [3.63, 3.8) is 0 Å². The SMILES string of the molecule is Cc1c(Cl)c(C(=O)Nc2nc(C3CCOCC3)cs2)nn1C. The lowest BCUT2D eigenvalue weighted by Crippen LogP contribution is -2.15. The number of carbonyl (C=O) groups excluding carboxylic acids is 1. The number of hydrogen-bond acceptors (Lipinski definition) is 5. The molecule has 1 aliphatic heterocycles. The summed E-state index contributed by atoms with van der Waals surface area (Å²) in [5.74, 6) is 0.0814. The fourth-order valence-corrected chi connectivity index (χ4v) is 3.44. The number of halogens is 1. The van der Waals surface area contributed by atoms with E-state index in [1.807, 2.05) is 12.3 Å². The van der Waals surface area contributed by atoms with Crippen LogP contribution in [0.5, 0.6) is 0 Å². The van der Waals surface area contributed by atoms with E-state index in [-0.39, 0.29) is 11.6 Å². The van der Waals surface area contributed by atoms with E-state index in [2.05, 4.69) is 15.4 Å². The number of ether oxygens (including phenoxy) is 1. The Labute approximate surface area is 137 Å². The Hall–Kier alpha value is -1.44. The third-order valence-electron chi connectivity index (χ3n) is 3.86. The second kappa shape index (κ2) is 6.36. The van der Waals surface area contributed by atoms with Gasteiger partial charge in [0, 0.05) is 31.6 Å². The molecule has 0 aromatic carbocycles. The molecule has 6 nitrogen and oxygen atoms in total. The van der Waals surface area contributed by atoms with Crippen LogP contribution in [0, 0.1) is 6.92 Å². The minimum atomic E-state index is -0.332. The molecule has 0 radical (unpaired) electrons. The third-order valence-corrected chi connectivity index (χ3v) is 5.09. The number of carbonyl (C=O) groups is 1. The van der Waals surface area contributed by atoms with E-state index in [1.54, 1.807) is 11.7 Å². The van der Waals surface area contributed by atoms with E-state index in [9.17, 15) is 4.79 Å². The average molecular weight is 341 g/mol. The Kier molecular flexibility index (Phi) is 4.46. The van der Waals surface area contributed by atoms with Gasteiger partial charge in [0.05, 0.1) is 16.4 Å². The molecule has 3 heterocycles. The van der Waals surface area contributed by atoms with Gasteiger partial charge in [0.15, 0.2) is 10.8 Å². The Morgan fingerprint density at radius 1 is 1.50 bits per heavy atom. The summed E-state index contributed by atoms with van der Waals surface area (Å²) in [4.78, 5) is 16.8. The first kappa shape index (κ1) is 15.5. The van der Waals surface area contributed by atoms with E-state index in [0.29, 0.717) is 16.1 Å². The number of aryl methyl sites for hydroxylation is 1. The van der Waals surface area contributed by atoms with Crippen LogP contribution in [0.25, 0.3) is 0 Å². The van der Waals surface area contributed by atoms with Crippen LogP contribution in [0.2, 0.25) is 5.02 Å². The highest BCUT2D eigenvalue weighted by atomic mass is 35.5. The Morgan fingerprint density at radius 2 is 2.23 bits per heavy atom. The molecule has 2 aromatic heterocycles. The molecule has 0 atom stereocenters. The molecule has 0 saturated carbocycles. The topological polar surface area (TPSA) is 69.0 Å². The van der Waals surface area contributed by atoms with Crippen LogP contribution in [-0.4, -0.2) is 33.9 Å². The molecule has 0 aliphatic carbocycles. The van der Waals surface area contributed by atoms with Crippen molar-refractivity contribution in [3.05, 3.63) is 27.5 Å². The summed E-state index contributed by atoms with van der Waals surface area (Å²) in [5, 5.41) is 9.86. The smallest absolute Gasteiger partial charge is 0.279 e. The number of rotatable bonds is 3. The molecule has 0 unspecified atom stereocenters. The lowest BCUT2D eigenvalue weighted by Gasteiger charge is -2.19. The van der Waals surface area contributed by atoms with Gasteiger partial charge >= 0.3 is 0 Å². The number of aromatic nitrogens is 3. The number of thiazole rings is 1. The molecular weight excluding hydrogens is 324 g/mol. The highest BCUT2D eigenvalue weighted by Crippen LogP contribution is 2.30. The van der Waals surface area contributed by atoms with Gasteiger partial charge in [0.2, 0.25) is 0 Å². The predicted molar refractivity (Wildman–Crippen MR) is 85.8 cm³/mol. The van der Waals surface area contributed by atoms with Crippen LogP contribution in [0.15, 0.2) is 5.38 Å². The maximum atomic E-state index is 12.3. The molecule has 0 bridgehead atoms. The Morgan fingerprint density at radius 3 is 2.86 bits per heavy atom. The van der Waals surface area contributed by atoms with Gasteiger partial charge in [0.1, 0.15) is 0 Å². The van der Waals surface area contributed by atoms with Gasteiger partial charge in [-0.05, 0) is 19.8 Å². The monoisotopic (exact) mass is 340 g/mol. The van der Waals surface area contributed by atoms with Crippen LogP contribution < -0.4 is 5.32 Å². The van der Waals surface area contributed by atoms with Crippen molar-refractivity contribution < 1.29 is 9.53 Å². The van der Waals surface area contributed by atoms with Crippen LogP contribution in [0.1, 0.15) is 40.6 Å². The summed E-state index contributed by atoms with van der Waals surface area (Å²) in [7, 11) is 1.75. The summed E-state index contributed by atoms with van der Waals surface area (Å²) in [5.41, 5.74) is 2.00. The summed E-state index contributed by atoms with van der Waals surface area (Å²) in [6, 6.07) is 0. The van der Waals surface area contributed by atoms with Crippen LogP contribution in [0.4, 0.5) is 5.13 Å². The van der Waals surface area contributed by atoms with Gasteiger partial charge in [-0.15, -0.1) is 11.3 Å². The third kappa shape index (κ3) is 3.02. The van der Waals surface area contributed by atoms with Crippen LogP contribution in [-0.2, 0) is 11.8 Å². The zero-order valence-corrected chi connectivity index (χ0v) is 14.0. The second-order valence-electron chi connectivity index (χ2n) is 5.29. The van der Waals surface area contributed by atoms with Crippen molar-refractivity contribution in [1.82, 2.24) is 14.8 Å². The van der Waals surface area contributed by atoms with Crippen LogP contribution in [0.3, 0.4) is 0 Å². The molecule has 1 aliphatic rings. The number of amides is 1. The number of anilines is 1. The van der Waals surface area contributed by atoms with Gasteiger partial charge < -0.3 is 4.74 Å². The zero-order chi connectivity index (χ0) is 15.7. The van der Waals surface area contributed by atoms with Gasteiger partial charge in [-0.3, -0.25) is 14.8 Å². The van der Waals surface area contributed by atoms with Crippen LogP contribution >= 0.6 is 22.9 Å². The first-order valence-corrected chi connectivity index (χ1v) is 8.35. The predicted octanol–water partition coefficient (Wildman–Crippen LogP) is 2.98. The first-order chi connectivity index (χ1) is 10.6. The minimum absolute atomic E-state index is 0.226. The van der Waals surface area contributed by atoms with Crippen molar-refractivity contribution in [2.75, 3.05) is 18.5 Å². The first-order valence-electron chi connectivity index (χ1n) is 7.10. The summed E-state index contributed by atoms with van der Waals surface area (Å²) < 4.78 is 6.95. The molecule has 22 heavy (non-hydrogen) atoms. The summed E-state index contributed by atoms with van der Waals surface area (Å²) in [6.07, 6.45) is 1.95. The highest BCUT2D eigenvalue weighted by molar-refractivity contribution is 7.14. The number of nitrogens with zero attached hydrogens (tertiary/aromatic N) is 3. The average Bonchev–Trinajstić information content (AvgIpc) is 3.09. The quantitative estimate of drug-likeness (QED) is 0.932. The molecule has 1 fully saturated rings. The number of nitrogens with one attached hydrogen (secondary N) is 1. The van der Waals surface area contributed by atoms with Gasteiger partial charge in [0.25, 0.3) is 5.91 Å². The van der Waals surface area contributed by atoms with Gasteiger partial charge in [-0.1, -0.05) is 11.6 Å². The van der Waals surface area contributed by atoms with Crippen molar-refractivity contribution in [1.29, 1.82) is 0 Å². The maximum absolute atomic E-state index is 12.3. The maximum Gasteiger partial charge on any atom is 0.279 e. The van der Waals surface area contributed by atoms with Crippen molar-refractivity contribution in [2.45, 2.75) is 25.7 Å². The molecule has 118 valence electrons. The molecular formula is C14H17ClN4O2S. The van der Waals surface area contributed by atoms with Crippen molar-refractivity contribution in [3.8, 4) is 0 Å². The second-order valence-corrected chi connectivity index (χ2v) is 6.53. The lowest BCUT2D eigenvalue weighted by atomic mass is 9.98. The van der Waals surface area contributed by atoms with E-state index in [0.717, 1.165) is 37.4 Å². The molecule has 3 rings (SSSR count). The lowest BCUT2D eigenvalue weighted by molar-refractivity contribution is 0.0846. The standard InChI is InChI=1S/C14H17ClN4O2S/c1-8-11(15)12(18-19(8)2)13(20)17-14-16-10(7-22-14)9-3-5-21-6-4-9/h7,9H,3-6H2,1-2H3,(H,16,17,20). The Balaban J connectivity index is 1.71. The van der Waals surface area contributed by atoms with E-state index in [4.69, 9.17) is 16.3 Å². The molecule has 8 heteroatoms. The van der Waals surface area contributed by atoms with Crippen molar-refractivity contribution in [2.24, 2.45) is 7.05 Å². The normalized spacial score (nSPS) is 16.0. The fourth-order valence-electron chi connectivity index (χ4n) is 2.41. The summed E-state index contributed by atoms with van der Waals surface area (Å²) >= 11 is 7.55. The fraction of sp³-hybridized carbons (Fsp3) is 0.500. The largest absolute Gasteiger partial charge is 0.381 e.